The molecule has 0 saturated carbocycles. The molecule has 1 aliphatic heterocycles. The predicted molar refractivity (Wildman–Crippen MR) is 73.9 cm³/mol. The van der Waals surface area contributed by atoms with Crippen molar-refractivity contribution >= 4 is 5.78 Å². The molecule has 0 aromatic heterocycles. The number of ketones is 1. The molecule has 0 bridgehead atoms. The Hall–Kier alpha value is -1.91. The molecular formula is C15H20O5. The summed E-state index contributed by atoms with van der Waals surface area (Å²) in [6, 6.07) is 0. The molecule has 1 aromatic carbocycles. The van der Waals surface area contributed by atoms with Crippen LogP contribution in [0.4, 0.5) is 0 Å². The van der Waals surface area contributed by atoms with Crippen LogP contribution in [0, 0.1) is 11.8 Å². The quantitative estimate of drug-likeness (QED) is 0.657. The summed E-state index contributed by atoms with van der Waals surface area (Å²) in [6.45, 7) is 5.95. The third-order valence-electron chi connectivity index (χ3n) is 3.86. The van der Waals surface area contributed by atoms with Gasteiger partial charge in [0, 0.05) is 5.56 Å². The molecule has 1 aliphatic rings. The molecule has 1 aromatic rings. The molecule has 0 spiro atoms. The van der Waals surface area contributed by atoms with Crippen molar-refractivity contribution in [3.63, 3.8) is 0 Å². The van der Waals surface area contributed by atoms with Gasteiger partial charge in [-0.05, 0) is 25.2 Å². The molecule has 110 valence electrons. The number of carbonyl (C=O) groups is 1. The zero-order chi connectivity index (χ0) is 15.0. The van der Waals surface area contributed by atoms with Gasteiger partial charge in [0.05, 0.1) is 13.7 Å². The summed E-state index contributed by atoms with van der Waals surface area (Å²) in [7, 11) is 1.34. The van der Waals surface area contributed by atoms with E-state index in [-0.39, 0.29) is 40.3 Å². The van der Waals surface area contributed by atoms with Gasteiger partial charge in [-0.25, -0.2) is 0 Å². The van der Waals surface area contributed by atoms with Crippen molar-refractivity contribution < 1.29 is 24.5 Å². The number of methoxy groups -OCH3 is 1. The fourth-order valence-corrected chi connectivity index (χ4v) is 2.54. The number of hydrogen-bond acceptors (Lipinski definition) is 5. The van der Waals surface area contributed by atoms with Crippen LogP contribution in [0.25, 0.3) is 0 Å². The van der Waals surface area contributed by atoms with E-state index >= 15 is 0 Å². The second-order valence-corrected chi connectivity index (χ2v) is 5.49. The number of phenolic OH excluding ortho intramolecular Hbond substituents is 2. The summed E-state index contributed by atoms with van der Waals surface area (Å²) in [5, 5.41) is 20.5. The molecule has 0 fully saturated rings. The van der Waals surface area contributed by atoms with Gasteiger partial charge in [0.15, 0.2) is 17.3 Å². The van der Waals surface area contributed by atoms with Gasteiger partial charge in [0.25, 0.3) is 0 Å². The average Bonchev–Trinajstić information content (AvgIpc) is 2.41. The summed E-state index contributed by atoms with van der Waals surface area (Å²) in [6.07, 6.45) is 0.566. The average molecular weight is 280 g/mol. The highest BCUT2D eigenvalue weighted by atomic mass is 16.5. The van der Waals surface area contributed by atoms with E-state index in [4.69, 9.17) is 9.47 Å². The summed E-state index contributed by atoms with van der Waals surface area (Å²) < 4.78 is 10.6. The largest absolute Gasteiger partial charge is 0.507 e. The maximum atomic E-state index is 11.7. The fraction of sp³-hybridized carbons (Fsp3) is 0.533. The van der Waals surface area contributed by atoms with E-state index in [2.05, 4.69) is 13.8 Å². The topological polar surface area (TPSA) is 76.0 Å². The van der Waals surface area contributed by atoms with Crippen molar-refractivity contribution in [3.8, 4) is 23.0 Å². The molecule has 0 aliphatic carbocycles. The van der Waals surface area contributed by atoms with Gasteiger partial charge in [-0.15, -0.1) is 0 Å². The molecule has 0 radical (unpaired) electrons. The second kappa shape index (κ2) is 5.23. The molecule has 5 heteroatoms. The van der Waals surface area contributed by atoms with Crippen LogP contribution in [0.5, 0.6) is 23.0 Å². The lowest BCUT2D eigenvalue weighted by atomic mass is 9.86. The standard InChI is InChI=1S/C15H20O5/c1-7(2)9-5-10-12(17)11(8(3)16)15(19-4)13(18)14(10)20-6-9/h7,9,17-18H,5-6H2,1-4H3. The van der Waals surface area contributed by atoms with Crippen LogP contribution in [0.2, 0.25) is 0 Å². The third-order valence-corrected chi connectivity index (χ3v) is 3.86. The number of ether oxygens (including phenoxy) is 2. The Balaban J connectivity index is 2.63. The molecule has 2 rings (SSSR count). The van der Waals surface area contributed by atoms with Gasteiger partial charge >= 0.3 is 0 Å². The van der Waals surface area contributed by atoms with Crippen molar-refractivity contribution in [1.29, 1.82) is 0 Å². The maximum Gasteiger partial charge on any atom is 0.202 e. The number of fused-ring (bicyclic) bond motifs is 1. The normalized spacial score (nSPS) is 17.6. The van der Waals surface area contributed by atoms with Gasteiger partial charge in [-0.3, -0.25) is 4.79 Å². The van der Waals surface area contributed by atoms with Crippen LogP contribution < -0.4 is 9.47 Å². The number of phenols is 2. The zero-order valence-corrected chi connectivity index (χ0v) is 12.2. The monoisotopic (exact) mass is 280 g/mol. The van der Waals surface area contributed by atoms with Crippen LogP contribution in [-0.4, -0.2) is 29.7 Å². The van der Waals surface area contributed by atoms with Crippen LogP contribution in [0.1, 0.15) is 36.7 Å². The molecule has 1 heterocycles. The second-order valence-electron chi connectivity index (χ2n) is 5.49. The smallest absolute Gasteiger partial charge is 0.202 e. The van der Waals surface area contributed by atoms with E-state index in [1.165, 1.54) is 14.0 Å². The van der Waals surface area contributed by atoms with Crippen LogP contribution in [0.3, 0.4) is 0 Å². The van der Waals surface area contributed by atoms with Crippen molar-refractivity contribution in [2.75, 3.05) is 13.7 Å². The van der Waals surface area contributed by atoms with Crippen molar-refractivity contribution in [2.45, 2.75) is 27.2 Å². The summed E-state index contributed by atoms with van der Waals surface area (Å²) in [5.41, 5.74) is 0.496. The Labute approximate surface area is 118 Å². The van der Waals surface area contributed by atoms with Crippen LogP contribution in [0.15, 0.2) is 0 Å². The van der Waals surface area contributed by atoms with E-state index in [0.29, 0.717) is 24.5 Å². The third kappa shape index (κ3) is 2.17. The van der Waals surface area contributed by atoms with Gasteiger partial charge < -0.3 is 19.7 Å². The Morgan fingerprint density at radius 2 is 2.00 bits per heavy atom. The van der Waals surface area contributed by atoms with E-state index < -0.39 is 0 Å². The van der Waals surface area contributed by atoms with E-state index in [1.54, 1.807) is 0 Å². The first-order chi connectivity index (χ1) is 9.38. The van der Waals surface area contributed by atoms with E-state index in [9.17, 15) is 15.0 Å². The Kier molecular flexibility index (Phi) is 3.79. The first-order valence-electron chi connectivity index (χ1n) is 6.66. The SMILES string of the molecule is COc1c(O)c2c(c(O)c1C(C)=O)CC(C(C)C)CO2. The van der Waals surface area contributed by atoms with Crippen LogP contribution >= 0.6 is 0 Å². The first kappa shape index (κ1) is 14.5. The summed E-state index contributed by atoms with van der Waals surface area (Å²) >= 11 is 0. The van der Waals surface area contributed by atoms with Gasteiger partial charge in [0.2, 0.25) is 5.75 Å². The van der Waals surface area contributed by atoms with Gasteiger partial charge in [-0.1, -0.05) is 13.8 Å². The number of Topliss-reactive ketones (excluding diaryl/α,β-unsaturated/α-hetero) is 1. The van der Waals surface area contributed by atoms with Gasteiger partial charge in [0.1, 0.15) is 11.3 Å². The maximum absolute atomic E-state index is 11.7. The minimum absolute atomic E-state index is 0.0109. The van der Waals surface area contributed by atoms with Crippen LogP contribution in [-0.2, 0) is 6.42 Å². The minimum Gasteiger partial charge on any atom is -0.507 e. The van der Waals surface area contributed by atoms with E-state index in [0.717, 1.165) is 0 Å². The molecule has 0 amide bonds. The number of hydrogen-bond donors (Lipinski definition) is 2. The Morgan fingerprint density at radius 3 is 2.50 bits per heavy atom. The fourth-order valence-electron chi connectivity index (χ4n) is 2.54. The lowest BCUT2D eigenvalue weighted by molar-refractivity contribution is 0.101. The Bertz CT molecular complexity index is 548. The molecule has 1 unspecified atom stereocenters. The van der Waals surface area contributed by atoms with Gasteiger partial charge in [-0.2, -0.15) is 0 Å². The predicted octanol–water partition coefficient (Wildman–Crippen LogP) is 2.52. The highest BCUT2D eigenvalue weighted by Gasteiger charge is 2.33. The Morgan fingerprint density at radius 1 is 1.35 bits per heavy atom. The summed E-state index contributed by atoms with van der Waals surface area (Å²) in [4.78, 5) is 11.7. The highest BCUT2D eigenvalue weighted by molar-refractivity contribution is 6.01. The van der Waals surface area contributed by atoms with Crippen molar-refractivity contribution in [1.82, 2.24) is 0 Å². The number of benzene rings is 1. The zero-order valence-electron chi connectivity index (χ0n) is 12.2. The molecular weight excluding hydrogens is 260 g/mol. The molecule has 1 atom stereocenters. The lowest BCUT2D eigenvalue weighted by Gasteiger charge is -2.30. The minimum atomic E-state index is -0.357. The van der Waals surface area contributed by atoms with E-state index in [1.807, 2.05) is 0 Å². The molecule has 5 nitrogen and oxygen atoms in total. The highest BCUT2D eigenvalue weighted by Crippen LogP contribution is 2.50. The number of rotatable bonds is 3. The molecule has 20 heavy (non-hydrogen) atoms. The molecule has 0 saturated heterocycles. The number of carbonyl (C=O) groups excluding carboxylic acids is 1. The molecule has 2 N–H and O–H groups in total. The lowest BCUT2D eigenvalue weighted by Crippen LogP contribution is -2.25. The van der Waals surface area contributed by atoms with Crippen molar-refractivity contribution in [3.05, 3.63) is 11.1 Å². The number of aromatic hydroxyl groups is 2. The van der Waals surface area contributed by atoms with Crippen molar-refractivity contribution in [2.24, 2.45) is 11.8 Å². The summed E-state index contributed by atoms with van der Waals surface area (Å²) in [5.74, 6) is 0.0934. The first-order valence-corrected chi connectivity index (χ1v) is 6.66.